The van der Waals surface area contributed by atoms with Gasteiger partial charge in [-0.25, -0.2) is 0 Å². The average molecular weight is 204 g/mol. The Bertz CT molecular complexity index is 208. The maximum absolute atomic E-state index is 11.2. The van der Waals surface area contributed by atoms with Crippen LogP contribution in [0.1, 0.15) is 13.3 Å². The van der Waals surface area contributed by atoms with E-state index in [1.807, 2.05) is 0 Å². The second-order valence-corrected chi connectivity index (χ2v) is 3.07. The summed E-state index contributed by atoms with van der Waals surface area (Å²) in [5.74, 6) is -1.36. The topological polar surface area (TPSA) is 102 Å². The van der Waals surface area contributed by atoms with Crippen LogP contribution in [0.3, 0.4) is 0 Å². The summed E-state index contributed by atoms with van der Waals surface area (Å²) >= 11 is 0. The molecule has 0 aliphatic heterocycles. The molecule has 0 spiro atoms. The van der Waals surface area contributed by atoms with Crippen molar-refractivity contribution in [1.82, 2.24) is 5.32 Å². The fourth-order valence-corrected chi connectivity index (χ4v) is 0.918. The molecule has 0 heterocycles. The Morgan fingerprint density at radius 1 is 1.57 bits per heavy atom. The molecule has 0 rings (SSSR count). The Hall–Kier alpha value is -1.14. The lowest BCUT2D eigenvalue weighted by Gasteiger charge is -2.15. The summed E-state index contributed by atoms with van der Waals surface area (Å²) in [7, 11) is 1.44. The van der Waals surface area contributed by atoms with Gasteiger partial charge in [-0.2, -0.15) is 0 Å². The third-order valence-corrected chi connectivity index (χ3v) is 1.55. The summed E-state index contributed by atoms with van der Waals surface area (Å²) < 4.78 is 4.69. The summed E-state index contributed by atoms with van der Waals surface area (Å²) in [4.78, 5) is 21.5. The maximum atomic E-state index is 11.2. The molecule has 0 fully saturated rings. The Morgan fingerprint density at radius 2 is 2.14 bits per heavy atom. The number of carbonyl (C=O) groups is 2. The van der Waals surface area contributed by atoms with Gasteiger partial charge in [-0.3, -0.25) is 9.59 Å². The van der Waals surface area contributed by atoms with Crippen molar-refractivity contribution in [3.8, 4) is 0 Å². The highest BCUT2D eigenvalue weighted by Crippen LogP contribution is 1.91. The van der Waals surface area contributed by atoms with Crippen LogP contribution in [0.15, 0.2) is 0 Å². The standard InChI is InChI=1S/C8H16N2O4/c1-5(3-7(11)12)10-8(13)6(9)4-14-2/h5-6H,3-4,9H2,1-2H3,(H,10,13)(H,11,12). The van der Waals surface area contributed by atoms with Gasteiger partial charge in [0.15, 0.2) is 0 Å². The van der Waals surface area contributed by atoms with Crippen LogP contribution in [0.25, 0.3) is 0 Å². The number of hydrogen-bond acceptors (Lipinski definition) is 4. The zero-order valence-corrected chi connectivity index (χ0v) is 8.32. The number of rotatable bonds is 6. The molecule has 0 bridgehead atoms. The van der Waals surface area contributed by atoms with Crippen LogP contribution in [0.5, 0.6) is 0 Å². The zero-order valence-electron chi connectivity index (χ0n) is 8.32. The molecule has 82 valence electrons. The third-order valence-electron chi connectivity index (χ3n) is 1.55. The number of nitrogens with one attached hydrogen (secondary N) is 1. The van der Waals surface area contributed by atoms with E-state index in [9.17, 15) is 9.59 Å². The van der Waals surface area contributed by atoms with Crippen molar-refractivity contribution >= 4 is 11.9 Å². The van der Waals surface area contributed by atoms with Crippen LogP contribution < -0.4 is 11.1 Å². The Balaban J connectivity index is 3.86. The first-order valence-electron chi connectivity index (χ1n) is 4.24. The van der Waals surface area contributed by atoms with Crippen molar-refractivity contribution in [2.45, 2.75) is 25.4 Å². The molecular weight excluding hydrogens is 188 g/mol. The molecule has 0 aromatic carbocycles. The Kier molecular flexibility index (Phi) is 5.82. The first-order valence-corrected chi connectivity index (χ1v) is 4.24. The highest BCUT2D eigenvalue weighted by molar-refractivity contribution is 5.82. The molecule has 0 saturated heterocycles. The van der Waals surface area contributed by atoms with Crippen molar-refractivity contribution in [3.05, 3.63) is 0 Å². The molecule has 0 aliphatic carbocycles. The molecule has 4 N–H and O–H groups in total. The van der Waals surface area contributed by atoms with E-state index >= 15 is 0 Å². The summed E-state index contributed by atoms with van der Waals surface area (Å²) in [6.45, 7) is 1.72. The molecule has 0 aromatic heterocycles. The second-order valence-electron chi connectivity index (χ2n) is 3.07. The van der Waals surface area contributed by atoms with Gasteiger partial charge in [0.05, 0.1) is 13.0 Å². The monoisotopic (exact) mass is 204 g/mol. The first kappa shape index (κ1) is 12.9. The minimum Gasteiger partial charge on any atom is -0.481 e. The molecule has 2 unspecified atom stereocenters. The van der Waals surface area contributed by atoms with E-state index in [4.69, 9.17) is 10.8 Å². The van der Waals surface area contributed by atoms with E-state index in [0.717, 1.165) is 0 Å². The minimum atomic E-state index is -0.960. The molecule has 0 aromatic rings. The third kappa shape index (κ3) is 5.50. The van der Waals surface area contributed by atoms with Gasteiger partial charge in [-0.05, 0) is 6.92 Å². The largest absolute Gasteiger partial charge is 0.481 e. The van der Waals surface area contributed by atoms with Crippen LogP contribution in [0, 0.1) is 0 Å². The van der Waals surface area contributed by atoms with Gasteiger partial charge in [0.2, 0.25) is 5.91 Å². The van der Waals surface area contributed by atoms with E-state index < -0.39 is 24.0 Å². The van der Waals surface area contributed by atoms with Crippen LogP contribution in [0.2, 0.25) is 0 Å². The summed E-state index contributed by atoms with van der Waals surface area (Å²) in [6.07, 6.45) is -0.120. The normalized spacial score (nSPS) is 14.5. The minimum absolute atomic E-state index is 0.117. The fourth-order valence-electron chi connectivity index (χ4n) is 0.918. The molecule has 6 heteroatoms. The van der Waals surface area contributed by atoms with Gasteiger partial charge >= 0.3 is 5.97 Å². The fraction of sp³-hybridized carbons (Fsp3) is 0.750. The van der Waals surface area contributed by atoms with Crippen molar-refractivity contribution in [2.24, 2.45) is 5.73 Å². The number of nitrogens with two attached hydrogens (primary N) is 1. The van der Waals surface area contributed by atoms with Gasteiger partial charge in [-0.15, -0.1) is 0 Å². The number of ether oxygens (including phenoxy) is 1. The highest BCUT2D eigenvalue weighted by Gasteiger charge is 2.16. The van der Waals surface area contributed by atoms with Crippen molar-refractivity contribution in [2.75, 3.05) is 13.7 Å². The van der Waals surface area contributed by atoms with E-state index in [-0.39, 0.29) is 13.0 Å². The van der Waals surface area contributed by atoms with Crippen LogP contribution >= 0.6 is 0 Å². The second kappa shape index (κ2) is 6.33. The molecule has 0 saturated carbocycles. The summed E-state index contributed by atoms with van der Waals surface area (Å²) in [6, 6.07) is -1.18. The van der Waals surface area contributed by atoms with Gasteiger partial charge in [0.1, 0.15) is 6.04 Å². The molecule has 0 aliphatic rings. The molecule has 1 amide bonds. The van der Waals surface area contributed by atoms with Crippen molar-refractivity contribution in [3.63, 3.8) is 0 Å². The van der Waals surface area contributed by atoms with Gasteiger partial charge in [0.25, 0.3) is 0 Å². The maximum Gasteiger partial charge on any atom is 0.305 e. The highest BCUT2D eigenvalue weighted by atomic mass is 16.5. The number of carboxylic acid groups (broad SMARTS) is 1. The van der Waals surface area contributed by atoms with Gasteiger partial charge in [0, 0.05) is 13.2 Å². The van der Waals surface area contributed by atoms with Crippen LogP contribution in [0.4, 0.5) is 0 Å². The SMILES string of the molecule is COCC(N)C(=O)NC(C)CC(=O)O. The molecule has 6 nitrogen and oxygen atoms in total. The first-order chi connectivity index (χ1) is 6.47. The number of hydrogen-bond donors (Lipinski definition) is 3. The number of carboxylic acids is 1. The van der Waals surface area contributed by atoms with Crippen molar-refractivity contribution in [1.29, 1.82) is 0 Å². The Morgan fingerprint density at radius 3 is 2.57 bits per heavy atom. The number of methoxy groups -OCH3 is 1. The molecule has 14 heavy (non-hydrogen) atoms. The van der Waals surface area contributed by atoms with E-state index in [2.05, 4.69) is 10.1 Å². The van der Waals surface area contributed by atoms with Gasteiger partial charge < -0.3 is 20.9 Å². The van der Waals surface area contributed by atoms with E-state index in [1.54, 1.807) is 6.92 Å². The zero-order chi connectivity index (χ0) is 11.1. The van der Waals surface area contributed by atoms with Crippen molar-refractivity contribution < 1.29 is 19.4 Å². The van der Waals surface area contributed by atoms with Gasteiger partial charge in [-0.1, -0.05) is 0 Å². The number of aliphatic carboxylic acids is 1. The average Bonchev–Trinajstić information content (AvgIpc) is 2.02. The van der Waals surface area contributed by atoms with Crippen LogP contribution in [-0.2, 0) is 14.3 Å². The van der Waals surface area contributed by atoms with E-state index in [1.165, 1.54) is 7.11 Å². The predicted molar refractivity (Wildman–Crippen MR) is 49.7 cm³/mol. The number of carbonyl (C=O) groups excluding carboxylic acids is 1. The molecular formula is C8H16N2O4. The molecule has 2 atom stereocenters. The van der Waals surface area contributed by atoms with Crippen LogP contribution in [-0.4, -0.2) is 42.8 Å². The molecule has 0 radical (unpaired) electrons. The van der Waals surface area contributed by atoms with E-state index in [0.29, 0.717) is 0 Å². The lowest BCUT2D eigenvalue weighted by atomic mass is 10.2. The predicted octanol–water partition coefficient (Wildman–Crippen LogP) is -1.06. The smallest absolute Gasteiger partial charge is 0.305 e. The summed E-state index contributed by atoms with van der Waals surface area (Å²) in [5, 5.41) is 10.9. The lowest BCUT2D eigenvalue weighted by molar-refractivity contribution is -0.137. The lowest BCUT2D eigenvalue weighted by Crippen LogP contribution is -2.47. The summed E-state index contributed by atoms with van der Waals surface area (Å²) in [5.41, 5.74) is 5.42. The quantitative estimate of drug-likeness (QED) is 0.512. The number of amides is 1. The Labute approximate surface area is 82.4 Å².